The van der Waals surface area contributed by atoms with Gasteiger partial charge in [-0.05, 0) is 36.8 Å². The summed E-state index contributed by atoms with van der Waals surface area (Å²) in [6.45, 7) is 1.73. The second-order valence-electron chi connectivity index (χ2n) is 5.03. The van der Waals surface area contributed by atoms with Gasteiger partial charge in [0.05, 0.1) is 6.61 Å². The van der Waals surface area contributed by atoms with Gasteiger partial charge in [-0.15, -0.1) is 0 Å². The van der Waals surface area contributed by atoms with Gasteiger partial charge in [0.1, 0.15) is 0 Å². The molecule has 0 amide bonds. The summed E-state index contributed by atoms with van der Waals surface area (Å²) in [6, 6.07) is 8.05. The summed E-state index contributed by atoms with van der Waals surface area (Å²) < 4.78 is 5.78. The van der Waals surface area contributed by atoms with E-state index in [1.54, 1.807) is 0 Å². The van der Waals surface area contributed by atoms with Crippen LogP contribution in [0.15, 0.2) is 24.3 Å². The molecule has 2 N–H and O–H groups in total. The van der Waals surface area contributed by atoms with Crippen molar-refractivity contribution in [1.29, 1.82) is 0 Å². The third-order valence-corrected chi connectivity index (χ3v) is 3.65. The van der Waals surface area contributed by atoms with Crippen molar-refractivity contribution < 1.29 is 4.74 Å². The van der Waals surface area contributed by atoms with E-state index in [2.05, 4.69) is 6.07 Å². The number of hydrogen-bond donors (Lipinski definition) is 1. The van der Waals surface area contributed by atoms with Gasteiger partial charge in [-0.25, -0.2) is 0 Å². The van der Waals surface area contributed by atoms with Crippen LogP contribution in [0.3, 0.4) is 0 Å². The number of benzene rings is 1. The quantitative estimate of drug-likeness (QED) is 0.625. The van der Waals surface area contributed by atoms with Crippen LogP contribution in [-0.4, -0.2) is 13.2 Å². The molecule has 17 heavy (non-hydrogen) atoms. The fourth-order valence-corrected chi connectivity index (χ4v) is 2.55. The topological polar surface area (TPSA) is 35.2 Å². The van der Waals surface area contributed by atoms with Gasteiger partial charge in [-0.2, -0.15) is 0 Å². The molecule has 0 aromatic heterocycles. The predicted molar refractivity (Wildman–Crippen MR) is 72.0 cm³/mol. The molecule has 0 aliphatic heterocycles. The van der Waals surface area contributed by atoms with E-state index in [1.807, 2.05) is 18.2 Å². The summed E-state index contributed by atoms with van der Waals surface area (Å²) in [6.07, 6.45) is 7.83. The summed E-state index contributed by atoms with van der Waals surface area (Å²) in [7, 11) is 0. The predicted octanol–water partition coefficient (Wildman–Crippen LogP) is 3.41. The molecule has 2 rings (SSSR count). The third kappa shape index (κ3) is 4.04. The summed E-state index contributed by atoms with van der Waals surface area (Å²) in [5.74, 6) is 0.803. The van der Waals surface area contributed by atoms with Crippen molar-refractivity contribution in [3.63, 3.8) is 0 Å². The van der Waals surface area contributed by atoms with Gasteiger partial charge in [-0.3, -0.25) is 0 Å². The summed E-state index contributed by atoms with van der Waals surface area (Å²) in [5.41, 5.74) is 7.98. The Morgan fingerprint density at radius 3 is 2.65 bits per heavy atom. The van der Waals surface area contributed by atoms with Crippen molar-refractivity contribution >= 4 is 5.69 Å². The highest BCUT2D eigenvalue weighted by Crippen LogP contribution is 2.23. The highest BCUT2D eigenvalue weighted by molar-refractivity contribution is 5.46. The molecular weight excluding hydrogens is 210 g/mol. The Kier molecular flexibility index (Phi) is 4.87. The van der Waals surface area contributed by atoms with Crippen LogP contribution in [0.25, 0.3) is 0 Å². The molecule has 1 aliphatic rings. The van der Waals surface area contributed by atoms with Crippen LogP contribution >= 0.6 is 0 Å². The van der Waals surface area contributed by atoms with Crippen LogP contribution in [0.2, 0.25) is 0 Å². The molecular formula is C15H23NO. The molecule has 94 valence electrons. The second kappa shape index (κ2) is 6.65. The monoisotopic (exact) mass is 233 g/mol. The van der Waals surface area contributed by atoms with E-state index in [-0.39, 0.29) is 0 Å². The first-order chi connectivity index (χ1) is 8.36. The molecule has 0 atom stereocenters. The Bertz CT molecular complexity index is 331. The molecule has 0 heterocycles. The van der Waals surface area contributed by atoms with Crippen molar-refractivity contribution in [2.24, 2.45) is 5.92 Å². The second-order valence-corrected chi connectivity index (χ2v) is 5.03. The maximum atomic E-state index is 5.89. The summed E-state index contributed by atoms with van der Waals surface area (Å²) in [4.78, 5) is 0. The molecule has 0 saturated heterocycles. The average molecular weight is 233 g/mol. The Morgan fingerprint density at radius 2 is 1.88 bits per heavy atom. The third-order valence-electron chi connectivity index (χ3n) is 3.65. The van der Waals surface area contributed by atoms with Crippen LogP contribution < -0.4 is 5.73 Å². The molecule has 0 bridgehead atoms. The lowest BCUT2D eigenvalue weighted by atomic mass is 9.90. The van der Waals surface area contributed by atoms with Crippen molar-refractivity contribution in [2.75, 3.05) is 18.9 Å². The van der Waals surface area contributed by atoms with Crippen LogP contribution in [0.1, 0.15) is 37.7 Å². The van der Waals surface area contributed by atoms with Gasteiger partial charge in [0.15, 0.2) is 0 Å². The summed E-state index contributed by atoms with van der Waals surface area (Å²) in [5, 5.41) is 0. The van der Waals surface area contributed by atoms with E-state index in [4.69, 9.17) is 10.5 Å². The minimum absolute atomic E-state index is 0.796. The first-order valence-electron chi connectivity index (χ1n) is 6.77. The molecule has 1 fully saturated rings. The van der Waals surface area contributed by atoms with E-state index in [9.17, 15) is 0 Å². The SMILES string of the molecule is Nc1ccccc1CCOCC1CCCCC1. The Hall–Kier alpha value is -1.02. The number of hydrogen-bond acceptors (Lipinski definition) is 2. The van der Waals surface area contributed by atoms with E-state index in [1.165, 1.54) is 37.7 Å². The van der Waals surface area contributed by atoms with Crippen LogP contribution in [0, 0.1) is 5.92 Å². The lowest BCUT2D eigenvalue weighted by Gasteiger charge is -2.21. The molecule has 2 heteroatoms. The van der Waals surface area contributed by atoms with E-state index in [0.717, 1.165) is 31.2 Å². The van der Waals surface area contributed by atoms with E-state index in [0.29, 0.717) is 0 Å². The lowest BCUT2D eigenvalue weighted by molar-refractivity contribution is 0.0875. The number of para-hydroxylation sites is 1. The van der Waals surface area contributed by atoms with E-state index < -0.39 is 0 Å². The van der Waals surface area contributed by atoms with E-state index >= 15 is 0 Å². The first kappa shape index (κ1) is 12.4. The van der Waals surface area contributed by atoms with Gasteiger partial charge in [0.25, 0.3) is 0 Å². The van der Waals surface area contributed by atoms with Crippen molar-refractivity contribution in [2.45, 2.75) is 38.5 Å². The number of ether oxygens (including phenoxy) is 1. The Morgan fingerprint density at radius 1 is 1.12 bits per heavy atom. The highest BCUT2D eigenvalue weighted by Gasteiger charge is 2.13. The molecule has 1 aromatic rings. The Labute approximate surface area is 104 Å². The molecule has 0 radical (unpaired) electrons. The minimum Gasteiger partial charge on any atom is -0.399 e. The van der Waals surface area contributed by atoms with Gasteiger partial charge in [0, 0.05) is 12.3 Å². The smallest absolute Gasteiger partial charge is 0.0507 e. The molecule has 1 aliphatic carbocycles. The van der Waals surface area contributed by atoms with Gasteiger partial charge >= 0.3 is 0 Å². The number of nitrogens with two attached hydrogens (primary N) is 1. The maximum absolute atomic E-state index is 5.89. The molecule has 0 spiro atoms. The molecule has 1 saturated carbocycles. The zero-order chi connectivity index (χ0) is 11.9. The standard InChI is InChI=1S/C15H23NO/c16-15-9-5-4-8-14(15)10-11-17-12-13-6-2-1-3-7-13/h4-5,8-9,13H,1-3,6-7,10-12,16H2. The molecule has 2 nitrogen and oxygen atoms in total. The summed E-state index contributed by atoms with van der Waals surface area (Å²) >= 11 is 0. The lowest BCUT2D eigenvalue weighted by Crippen LogP contribution is -2.14. The maximum Gasteiger partial charge on any atom is 0.0507 e. The number of rotatable bonds is 5. The number of anilines is 1. The normalized spacial score (nSPS) is 17.2. The fraction of sp³-hybridized carbons (Fsp3) is 0.600. The van der Waals surface area contributed by atoms with Gasteiger partial charge < -0.3 is 10.5 Å². The Balaban J connectivity index is 1.64. The number of nitrogen functional groups attached to an aromatic ring is 1. The molecule has 1 aromatic carbocycles. The van der Waals surface area contributed by atoms with Crippen molar-refractivity contribution in [3.05, 3.63) is 29.8 Å². The molecule has 0 unspecified atom stereocenters. The highest BCUT2D eigenvalue weighted by atomic mass is 16.5. The zero-order valence-corrected chi connectivity index (χ0v) is 10.5. The van der Waals surface area contributed by atoms with Crippen molar-refractivity contribution in [1.82, 2.24) is 0 Å². The van der Waals surface area contributed by atoms with Crippen LogP contribution in [-0.2, 0) is 11.2 Å². The van der Waals surface area contributed by atoms with Gasteiger partial charge in [0.2, 0.25) is 0 Å². The average Bonchev–Trinajstić information content (AvgIpc) is 2.38. The van der Waals surface area contributed by atoms with Crippen molar-refractivity contribution in [3.8, 4) is 0 Å². The zero-order valence-electron chi connectivity index (χ0n) is 10.5. The van der Waals surface area contributed by atoms with Gasteiger partial charge in [-0.1, -0.05) is 37.5 Å². The largest absolute Gasteiger partial charge is 0.399 e. The first-order valence-corrected chi connectivity index (χ1v) is 6.77. The minimum atomic E-state index is 0.796. The fourth-order valence-electron chi connectivity index (χ4n) is 2.55. The van der Waals surface area contributed by atoms with Crippen LogP contribution in [0.4, 0.5) is 5.69 Å². The van der Waals surface area contributed by atoms with Crippen LogP contribution in [0.5, 0.6) is 0 Å².